The predicted molar refractivity (Wildman–Crippen MR) is 269 cm³/mol. The molecule has 12 aromatic rings. The average molecular weight is 841 g/mol. The Bertz CT molecular complexity index is 3770. The Kier molecular flexibility index (Phi) is 9.16. The molecule has 0 aliphatic heterocycles. The molecule has 0 bridgehead atoms. The van der Waals surface area contributed by atoms with E-state index in [-0.39, 0.29) is 0 Å². The maximum absolute atomic E-state index is 10.3. The maximum Gasteiger partial charge on any atom is 0.187 e. The van der Waals surface area contributed by atoms with Gasteiger partial charge < -0.3 is 9.13 Å². The number of aromatic nitrogens is 4. The molecule has 0 radical (unpaired) electrons. The smallest absolute Gasteiger partial charge is 0.187 e. The van der Waals surface area contributed by atoms with Crippen molar-refractivity contribution in [3.05, 3.63) is 235 Å². The van der Waals surface area contributed by atoms with Crippen molar-refractivity contribution >= 4 is 49.3 Å². The van der Waals surface area contributed by atoms with Crippen molar-refractivity contribution < 1.29 is 0 Å². The molecule has 306 valence electrons. The topological polar surface area (TPSA) is 63.8 Å². The highest BCUT2D eigenvalue weighted by molar-refractivity contribution is 6.13. The number of hydrogen-bond donors (Lipinski definition) is 0. The van der Waals surface area contributed by atoms with E-state index in [1.807, 2.05) is 84.9 Å². The molecule has 6 nitrogen and oxygen atoms in total. The molecular weight excluding hydrogens is 805 g/mol. The number of para-hydroxylation sites is 3. The average Bonchev–Trinajstić information content (AvgIpc) is 3.91. The van der Waals surface area contributed by atoms with Gasteiger partial charge in [-0.15, -0.1) is 0 Å². The van der Waals surface area contributed by atoms with Crippen molar-refractivity contribution in [2.24, 2.45) is 0 Å². The van der Waals surface area contributed by atoms with Gasteiger partial charge in [-0.25, -0.2) is 14.8 Å². The predicted octanol–water partition coefficient (Wildman–Crippen LogP) is 15.4. The van der Waals surface area contributed by atoms with Gasteiger partial charge in [0.2, 0.25) is 0 Å². The van der Waals surface area contributed by atoms with Crippen LogP contribution in [0.4, 0.5) is 5.69 Å². The molecule has 0 atom stereocenters. The van der Waals surface area contributed by atoms with Gasteiger partial charge in [0.1, 0.15) is 0 Å². The Labute approximate surface area is 381 Å². The molecule has 3 heterocycles. The van der Waals surface area contributed by atoms with E-state index in [1.165, 1.54) is 10.8 Å². The van der Waals surface area contributed by atoms with Crippen LogP contribution in [0.5, 0.6) is 0 Å². The third kappa shape index (κ3) is 6.41. The fraction of sp³-hybridized carbons (Fsp3) is 0. The van der Waals surface area contributed by atoms with Gasteiger partial charge in [-0.1, -0.05) is 146 Å². The van der Waals surface area contributed by atoms with Crippen LogP contribution in [-0.2, 0) is 0 Å². The Morgan fingerprint density at radius 1 is 0.409 bits per heavy atom. The van der Waals surface area contributed by atoms with Crippen molar-refractivity contribution in [1.29, 1.82) is 5.26 Å². The van der Waals surface area contributed by atoms with Gasteiger partial charge in [-0.3, -0.25) is 0 Å². The molecule has 9 aromatic carbocycles. The first-order chi connectivity index (χ1) is 32.6. The van der Waals surface area contributed by atoms with Crippen LogP contribution >= 0.6 is 0 Å². The number of fused-ring (bicyclic) bond motifs is 6. The van der Waals surface area contributed by atoms with Crippen LogP contribution < -0.4 is 0 Å². The summed E-state index contributed by atoms with van der Waals surface area (Å²) in [6.07, 6.45) is 0. The van der Waals surface area contributed by atoms with Gasteiger partial charge in [0.15, 0.2) is 11.5 Å². The summed E-state index contributed by atoms with van der Waals surface area (Å²) in [4.78, 5) is 14.3. The molecule has 0 saturated heterocycles. The molecule has 6 heteroatoms. The molecule has 0 amide bonds. The molecular formula is C60H36N6. The SMILES string of the molecule is [C-]#[N+]c1cccc(-c2cc(-c3cc(-c4ccccc4)nc(-c4ccccc4)n3)cc(-c3cccc(C#N)c3)c2-n2c3ccccc3c3cc(-n4c5ccccc5c5ccccc54)ccc32)c1. The van der Waals surface area contributed by atoms with Crippen molar-refractivity contribution in [2.75, 3.05) is 0 Å². The van der Waals surface area contributed by atoms with Crippen LogP contribution in [0.25, 0.3) is 116 Å². The second kappa shape index (κ2) is 15.8. The molecule has 0 fully saturated rings. The lowest BCUT2D eigenvalue weighted by Gasteiger charge is -2.22. The van der Waals surface area contributed by atoms with Crippen LogP contribution in [0.2, 0.25) is 0 Å². The largest absolute Gasteiger partial charge is 0.309 e. The van der Waals surface area contributed by atoms with Gasteiger partial charge in [-0.05, 0) is 83.9 Å². The third-order valence-corrected chi connectivity index (χ3v) is 12.5. The Balaban J connectivity index is 1.19. The number of nitriles is 1. The number of nitrogens with zero attached hydrogens (tertiary/aromatic N) is 6. The minimum atomic E-state index is 0.537. The fourth-order valence-electron chi connectivity index (χ4n) is 9.57. The summed E-state index contributed by atoms with van der Waals surface area (Å²) in [5.41, 5.74) is 15.3. The van der Waals surface area contributed by atoms with E-state index in [9.17, 15) is 5.26 Å². The molecule has 0 aliphatic rings. The number of hydrogen-bond acceptors (Lipinski definition) is 3. The molecule has 0 saturated carbocycles. The molecule has 3 aromatic heterocycles. The van der Waals surface area contributed by atoms with Crippen LogP contribution in [0, 0.1) is 17.9 Å². The highest BCUT2D eigenvalue weighted by Crippen LogP contribution is 2.45. The normalized spacial score (nSPS) is 11.3. The lowest BCUT2D eigenvalue weighted by Crippen LogP contribution is -2.03. The number of rotatable bonds is 7. The van der Waals surface area contributed by atoms with E-state index in [4.69, 9.17) is 16.5 Å². The molecule has 12 rings (SSSR count). The number of benzene rings is 9. The zero-order valence-electron chi connectivity index (χ0n) is 35.5. The zero-order valence-corrected chi connectivity index (χ0v) is 35.5. The maximum atomic E-state index is 10.3. The minimum Gasteiger partial charge on any atom is -0.309 e. The quantitative estimate of drug-likeness (QED) is 0.150. The van der Waals surface area contributed by atoms with Crippen LogP contribution in [0.15, 0.2) is 218 Å². The van der Waals surface area contributed by atoms with Crippen LogP contribution in [0.3, 0.4) is 0 Å². The summed E-state index contributed by atoms with van der Waals surface area (Å²) >= 11 is 0. The summed E-state index contributed by atoms with van der Waals surface area (Å²) < 4.78 is 4.73. The summed E-state index contributed by atoms with van der Waals surface area (Å²) in [6.45, 7) is 8.07. The van der Waals surface area contributed by atoms with Crippen LogP contribution in [0.1, 0.15) is 5.56 Å². The third-order valence-electron chi connectivity index (χ3n) is 12.5. The van der Waals surface area contributed by atoms with Gasteiger partial charge in [-0.2, -0.15) is 5.26 Å². The van der Waals surface area contributed by atoms with Crippen molar-refractivity contribution in [3.8, 4) is 73.6 Å². The van der Waals surface area contributed by atoms with Crippen molar-refractivity contribution in [1.82, 2.24) is 19.1 Å². The monoisotopic (exact) mass is 840 g/mol. The van der Waals surface area contributed by atoms with Gasteiger partial charge in [0.25, 0.3) is 0 Å². The van der Waals surface area contributed by atoms with Crippen molar-refractivity contribution in [3.63, 3.8) is 0 Å². The second-order valence-corrected chi connectivity index (χ2v) is 16.4. The minimum absolute atomic E-state index is 0.537. The van der Waals surface area contributed by atoms with E-state index in [2.05, 4.69) is 154 Å². The summed E-state index contributed by atoms with van der Waals surface area (Å²) in [5, 5.41) is 14.9. The van der Waals surface area contributed by atoms with E-state index >= 15 is 0 Å². The standard InChI is InChI=1S/C60H36N6/c1-62-45-23-15-22-43(33-45)51-35-44(54-37-53(40-17-4-2-5-18-40)63-60(64-54)41-19-6-3-7-20-41)34-50(42-21-14-16-39(32-42)38-61)59(51)66-57-29-13-10-26-49(57)52-36-46(30-31-58(52)66)65-55-27-11-8-24-47(55)48-25-9-12-28-56(48)65/h2-37H. The van der Waals surface area contributed by atoms with E-state index in [1.54, 1.807) is 0 Å². The van der Waals surface area contributed by atoms with Gasteiger partial charge in [0, 0.05) is 55.0 Å². The fourth-order valence-corrected chi connectivity index (χ4v) is 9.57. The first-order valence-electron chi connectivity index (χ1n) is 21.8. The van der Waals surface area contributed by atoms with Crippen LogP contribution in [-0.4, -0.2) is 19.1 Å². The lowest BCUT2D eigenvalue weighted by atomic mass is 9.91. The van der Waals surface area contributed by atoms with Gasteiger partial charge >= 0.3 is 0 Å². The molecule has 66 heavy (non-hydrogen) atoms. The van der Waals surface area contributed by atoms with E-state index < -0.39 is 0 Å². The molecule has 0 unspecified atom stereocenters. The summed E-state index contributed by atoms with van der Waals surface area (Å²) in [5.74, 6) is 0.613. The first kappa shape index (κ1) is 38.3. The first-order valence-corrected chi connectivity index (χ1v) is 21.8. The zero-order chi connectivity index (χ0) is 44.1. The molecule has 0 spiro atoms. The lowest BCUT2D eigenvalue weighted by molar-refractivity contribution is 1.16. The van der Waals surface area contributed by atoms with E-state index in [0.717, 1.165) is 94.5 Å². The summed E-state index contributed by atoms with van der Waals surface area (Å²) in [6, 6.07) is 77.3. The second-order valence-electron chi connectivity index (χ2n) is 16.4. The molecule has 0 aliphatic carbocycles. The Morgan fingerprint density at radius 3 is 1.56 bits per heavy atom. The highest BCUT2D eigenvalue weighted by Gasteiger charge is 2.24. The molecule has 0 N–H and O–H groups in total. The summed E-state index contributed by atoms with van der Waals surface area (Å²) in [7, 11) is 0. The van der Waals surface area contributed by atoms with Gasteiger partial charge in [0.05, 0.1) is 57.3 Å². The Morgan fingerprint density at radius 2 is 0.924 bits per heavy atom. The Hall–Kier alpha value is -9.36. The van der Waals surface area contributed by atoms with Crippen molar-refractivity contribution in [2.45, 2.75) is 0 Å². The van der Waals surface area contributed by atoms with E-state index in [0.29, 0.717) is 17.1 Å². The highest BCUT2D eigenvalue weighted by atomic mass is 15.0.